The molecule has 0 saturated heterocycles. The van der Waals surface area contributed by atoms with Crippen LogP contribution in [0.4, 0.5) is 4.79 Å². The molecule has 5 nitrogen and oxygen atoms in total. The maximum absolute atomic E-state index is 11.4. The van der Waals surface area contributed by atoms with Crippen LogP contribution in [0.25, 0.3) is 0 Å². The molecule has 1 unspecified atom stereocenters. The predicted octanol–water partition coefficient (Wildman–Crippen LogP) is 0.947. The monoisotopic (exact) mass is 214 g/mol. The molecule has 86 valence electrons. The van der Waals surface area contributed by atoms with Crippen LogP contribution in [-0.2, 0) is 4.79 Å². The zero-order chi connectivity index (χ0) is 11.6. The van der Waals surface area contributed by atoms with Crippen molar-refractivity contribution in [2.24, 2.45) is 5.92 Å². The molecular formula is C10H18N2O3. The quantitative estimate of drug-likeness (QED) is 0.652. The smallest absolute Gasteiger partial charge is 0.326 e. The molecule has 3 N–H and O–H groups in total. The summed E-state index contributed by atoms with van der Waals surface area (Å²) in [4.78, 5) is 22.2. The number of rotatable bonds is 4. The van der Waals surface area contributed by atoms with Crippen molar-refractivity contribution in [3.8, 4) is 0 Å². The van der Waals surface area contributed by atoms with E-state index in [4.69, 9.17) is 5.11 Å². The van der Waals surface area contributed by atoms with Gasteiger partial charge in [-0.05, 0) is 25.7 Å². The van der Waals surface area contributed by atoms with Gasteiger partial charge < -0.3 is 15.7 Å². The molecule has 0 aliphatic heterocycles. The van der Waals surface area contributed by atoms with Crippen LogP contribution in [0.2, 0.25) is 0 Å². The van der Waals surface area contributed by atoms with E-state index >= 15 is 0 Å². The van der Waals surface area contributed by atoms with Gasteiger partial charge in [-0.1, -0.05) is 13.8 Å². The van der Waals surface area contributed by atoms with E-state index in [-0.39, 0.29) is 11.5 Å². The van der Waals surface area contributed by atoms with Crippen molar-refractivity contribution in [3.63, 3.8) is 0 Å². The minimum absolute atomic E-state index is 0.121. The van der Waals surface area contributed by atoms with Crippen LogP contribution in [0.3, 0.4) is 0 Å². The van der Waals surface area contributed by atoms with Crippen LogP contribution in [0.5, 0.6) is 0 Å². The van der Waals surface area contributed by atoms with Gasteiger partial charge in [0.15, 0.2) is 0 Å². The number of carboxylic acids is 1. The van der Waals surface area contributed by atoms with Crippen LogP contribution >= 0.6 is 0 Å². The average molecular weight is 214 g/mol. The fourth-order valence-electron chi connectivity index (χ4n) is 1.28. The molecule has 0 aromatic rings. The van der Waals surface area contributed by atoms with Gasteiger partial charge in [-0.25, -0.2) is 9.59 Å². The van der Waals surface area contributed by atoms with E-state index in [1.165, 1.54) is 0 Å². The van der Waals surface area contributed by atoms with Crippen molar-refractivity contribution in [1.29, 1.82) is 0 Å². The average Bonchev–Trinajstić information content (AvgIpc) is 2.78. The van der Waals surface area contributed by atoms with E-state index in [2.05, 4.69) is 10.6 Å². The fourth-order valence-corrected chi connectivity index (χ4v) is 1.28. The van der Waals surface area contributed by atoms with Crippen LogP contribution in [-0.4, -0.2) is 28.7 Å². The number of amides is 2. The van der Waals surface area contributed by atoms with Crippen LogP contribution in [0, 0.1) is 5.92 Å². The van der Waals surface area contributed by atoms with E-state index in [9.17, 15) is 9.59 Å². The van der Waals surface area contributed by atoms with Gasteiger partial charge in [0, 0.05) is 5.54 Å². The van der Waals surface area contributed by atoms with Crippen molar-refractivity contribution >= 4 is 12.0 Å². The first-order chi connectivity index (χ1) is 6.84. The first kappa shape index (κ1) is 11.8. The summed E-state index contributed by atoms with van der Waals surface area (Å²) < 4.78 is 0. The number of carbonyl (C=O) groups excluding carboxylic acids is 1. The van der Waals surface area contributed by atoms with E-state index in [0.29, 0.717) is 0 Å². The molecular weight excluding hydrogens is 196 g/mol. The SMILES string of the molecule is CC(C)C(NC(=O)NC1(C)CC1)C(=O)O. The molecule has 0 bridgehead atoms. The van der Waals surface area contributed by atoms with E-state index in [1.807, 2.05) is 6.92 Å². The summed E-state index contributed by atoms with van der Waals surface area (Å²) >= 11 is 0. The number of hydrogen-bond acceptors (Lipinski definition) is 2. The molecule has 0 spiro atoms. The Morgan fingerprint density at radius 1 is 1.33 bits per heavy atom. The topological polar surface area (TPSA) is 78.4 Å². The summed E-state index contributed by atoms with van der Waals surface area (Å²) in [6, 6.07) is -1.22. The summed E-state index contributed by atoms with van der Waals surface area (Å²) in [6.45, 7) is 5.47. The van der Waals surface area contributed by atoms with Gasteiger partial charge in [-0.3, -0.25) is 0 Å². The molecule has 1 atom stereocenters. The van der Waals surface area contributed by atoms with Crippen LogP contribution < -0.4 is 10.6 Å². The maximum Gasteiger partial charge on any atom is 0.326 e. The Morgan fingerprint density at radius 3 is 2.20 bits per heavy atom. The van der Waals surface area contributed by atoms with Crippen molar-refractivity contribution in [1.82, 2.24) is 10.6 Å². The van der Waals surface area contributed by atoms with Gasteiger partial charge in [0.2, 0.25) is 0 Å². The maximum atomic E-state index is 11.4. The fraction of sp³-hybridized carbons (Fsp3) is 0.800. The number of urea groups is 1. The van der Waals surface area contributed by atoms with E-state index in [1.54, 1.807) is 13.8 Å². The number of hydrogen-bond donors (Lipinski definition) is 3. The Labute approximate surface area is 89.2 Å². The van der Waals surface area contributed by atoms with Crippen molar-refractivity contribution in [2.45, 2.75) is 45.2 Å². The standard InChI is InChI=1S/C10H18N2O3/c1-6(2)7(8(13)14)11-9(15)12-10(3)4-5-10/h6-7H,4-5H2,1-3H3,(H,13,14)(H2,11,12,15). The molecule has 15 heavy (non-hydrogen) atoms. The second kappa shape index (κ2) is 4.08. The lowest BCUT2D eigenvalue weighted by molar-refractivity contribution is -0.140. The van der Waals surface area contributed by atoms with Gasteiger partial charge in [-0.15, -0.1) is 0 Å². The second-order valence-electron chi connectivity index (χ2n) is 4.72. The minimum Gasteiger partial charge on any atom is -0.480 e. The highest BCUT2D eigenvalue weighted by Gasteiger charge is 2.39. The third-order valence-electron chi connectivity index (χ3n) is 2.63. The molecule has 0 aromatic heterocycles. The number of nitrogens with one attached hydrogen (secondary N) is 2. The third kappa shape index (κ3) is 3.42. The van der Waals surface area contributed by atoms with Crippen molar-refractivity contribution in [2.75, 3.05) is 0 Å². The number of aliphatic carboxylic acids is 1. The molecule has 2 amide bonds. The molecule has 1 rings (SSSR count). The lowest BCUT2D eigenvalue weighted by Crippen LogP contribution is -2.51. The molecule has 1 saturated carbocycles. The Bertz CT molecular complexity index is 272. The number of carbonyl (C=O) groups is 2. The zero-order valence-corrected chi connectivity index (χ0v) is 9.33. The van der Waals surface area contributed by atoms with E-state index in [0.717, 1.165) is 12.8 Å². The highest BCUT2D eigenvalue weighted by Crippen LogP contribution is 2.34. The molecule has 0 aromatic carbocycles. The molecule has 0 heterocycles. The Balaban J connectivity index is 2.44. The van der Waals surface area contributed by atoms with E-state index < -0.39 is 18.0 Å². The Kier molecular flexibility index (Phi) is 3.21. The molecule has 5 heteroatoms. The normalized spacial score (nSPS) is 19.5. The number of carboxylic acid groups (broad SMARTS) is 1. The molecule has 1 aliphatic rings. The largest absolute Gasteiger partial charge is 0.480 e. The first-order valence-corrected chi connectivity index (χ1v) is 5.15. The molecule has 1 aliphatic carbocycles. The minimum atomic E-state index is -0.999. The lowest BCUT2D eigenvalue weighted by Gasteiger charge is -2.20. The first-order valence-electron chi connectivity index (χ1n) is 5.15. The Morgan fingerprint density at radius 2 is 1.87 bits per heavy atom. The summed E-state index contributed by atoms with van der Waals surface area (Å²) in [5.41, 5.74) is -0.121. The second-order valence-corrected chi connectivity index (χ2v) is 4.72. The summed E-state index contributed by atoms with van der Waals surface area (Å²) in [5, 5.41) is 14.1. The molecule has 0 radical (unpaired) electrons. The highest BCUT2D eigenvalue weighted by molar-refractivity contribution is 5.83. The van der Waals surface area contributed by atoms with Gasteiger partial charge >= 0.3 is 12.0 Å². The van der Waals surface area contributed by atoms with Gasteiger partial charge in [0.1, 0.15) is 6.04 Å². The predicted molar refractivity (Wildman–Crippen MR) is 55.6 cm³/mol. The van der Waals surface area contributed by atoms with Crippen LogP contribution in [0.15, 0.2) is 0 Å². The zero-order valence-electron chi connectivity index (χ0n) is 9.33. The van der Waals surface area contributed by atoms with Crippen LogP contribution in [0.1, 0.15) is 33.6 Å². The lowest BCUT2D eigenvalue weighted by atomic mass is 10.1. The summed E-state index contributed by atoms with van der Waals surface area (Å²) in [6.07, 6.45) is 1.92. The highest BCUT2D eigenvalue weighted by atomic mass is 16.4. The summed E-state index contributed by atoms with van der Waals surface area (Å²) in [7, 11) is 0. The molecule has 1 fully saturated rings. The third-order valence-corrected chi connectivity index (χ3v) is 2.63. The summed E-state index contributed by atoms with van der Waals surface area (Å²) in [5.74, 6) is -1.12. The van der Waals surface area contributed by atoms with Gasteiger partial charge in [0.25, 0.3) is 0 Å². The van der Waals surface area contributed by atoms with Gasteiger partial charge in [0.05, 0.1) is 0 Å². The Hall–Kier alpha value is -1.26. The van der Waals surface area contributed by atoms with Crippen molar-refractivity contribution in [3.05, 3.63) is 0 Å². The van der Waals surface area contributed by atoms with Gasteiger partial charge in [-0.2, -0.15) is 0 Å². The van der Waals surface area contributed by atoms with Crippen molar-refractivity contribution < 1.29 is 14.7 Å².